The van der Waals surface area contributed by atoms with Crippen molar-refractivity contribution >= 4 is 5.97 Å². The maximum absolute atomic E-state index is 12.4. The number of halogens is 4. The highest BCUT2D eigenvalue weighted by atomic mass is 19.3. The van der Waals surface area contributed by atoms with E-state index in [9.17, 15) is 22.4 Å². The summed E-state index contributed by atoms with van der Waals surface area (Å²) < 4.78 is 54.1. The fourth-order valence-electron chi connectivity index (χ4n) is 1.54. The van der Waals surface area contributed by atoms with Gasteiger partial charge in [-0.05, 0) is 0 Å². The Morgan fingerprint density at radius 1 is 1.35 bits per heavy atom. The molecule has 0 spiro atoms. The molecule has 0 amide bonds. The molecular weight excluding hydrogens is 246 g/mol. The number of rotatable bonds is 6. The van der Waals surface area contributed by atoms with Gasteiger partial charge in [0.1, 0.15) is 11.2 Å². The molecule has 96 valence electrons. The van der Waals surface area contributed by atoms with Gasteiger partial charge in [-0.3, -0.25) is 4.79 Å². The molecule has 8 heteroatoms. The number of hydrogen-bond donors (Lipinski definition) is 1. The molecule has 0 aliphatic rings. The molecule has 0 fully saturated rings. The molecule has 0 saturated carbocycles. The maximum atomic E-state index is 12.4. The van der Waals surface area contributed by atoms with Gasteiger partial charge in [-0.25, -0.2) is 22.5 Å². The van der Waals surface area contributed by atoms with Crippen LogP contribution in [0, 0.1) is 0 Å². The van der Waals surface area contributed by atoms with Crippen LogP contribution in [-0.4, -0.2) is 28.9 Å². The van der Waals surface area contributed by atoms with Crippen molar-refractivity contribution < 1.29 is 31.9 Å². The first-order valence-corrected chi connectivity index (χ1v) is 4.57. The Morgan fingerprint density at radius 3 is 2.18 bits per heavy atom. The van der Waals surface area contributed by atoms with Gasteiger partial charge in [0.05, 0.1) is 6.20 Å². The minimum atomic E-state index is -3.05. The fourth-order valence-corrected chi connectivity index (χ4v) is 1.54. The molecule has 0 unspecified atom stereocenters. The van der Waals surface area contributed by atoms with E-state index in [0.717, 1.165) is 12.6 Å². The highest BCUT2D eigenvalue weighted by Gasteiger charge is 2.48. The summed E-state index contributed by atoms with van der Waals surface area (Å²) in [4.78, 5) is 14.4. The van der Waals surface area contributed by atoms with E-state index in [0.29, 0.717) is 0 Å². The van der Waals surface area contributed by atoms with E-state index in [1.807, 2.05) is 0 Å². The molecule has 0 atom stereocenters. The standard InChI is InChI=1S/C9H9F4NO3/c10-6(11)1-9(8(15)16,2-7(12)13)5-3-14-4-17-5/h3-4,6-7H,1-2H2,(H,15,16). The van der Waals surface area contributed by atoms with E-state index in [-0.39, 0.29) is 0 Å². The molecule has 0 aliphatic heterocycles. The second-order valence-corrected chi connectivity index (χ2v) is 3.44. The molecule has 4 nitrogen and oxygen atoms in total. The highest BCUT2D eigenvalue weighted by molar-refractivity contribution is 5.80. The quantitative estimate of drug-likeness (QED) is 0.792. The lowest BCUT2D eigenvalue weighted by Crippen LogP contribution is -2.39. The first-order valence-electron chi connectivity index (χ1n) is 4.57. The minimum Gasteiger partial charge on any atom is -0.480 e. The van der Waals surface area contributed by atoms with E-state index < -0.39 is 42.8 Å². The summed E-state index contributed by atoms with van der Waals surface area (Å²) in [6, 6.07) is 0. The summed E-state index contributed by atoms with van der Waals surface area (Å²) in [5.74, 6) is -2.28. The predicted molar refractivity (Wildman–Crippen MR) is 47.1 cm³/mol. The number of aliphatic carboxylic acids is 1. The number of carbonyl (C=O) groups is 1. The van der Waals surface area contributed by atoms with E-state index in [2.05, 4.69) is 9.40 Å². The molecule has 0 bridgehead atoms. The van der Waals surface area contributed by atoms with Gasteiger partial charge in [-0.15, -0.1) is 0 Å². The van der Waals surface area contributed by atoms with E-state index in [4.69, 9.17) is 5.11 Å². The Balaban J connectivity index is 3.16. The van der Waals surface area contributed by atoms with Gasteiger partial charge in [-0.1, -0.05) is 0 Å². The summed E-state index contributed by atoms with van der Waals surface area (Å²) >= 11 is 0. The fraction of sp³-hybridized carbons (Fsp3) is 0.556. The number of hydrogen-bond acceptors (Lipinski definition) is 3. The summed E-state index contributed by atoms with van der Waals surface area (Å²) in [6.45, 7) is 0. The molecule has 1 aromatic heterocycles. The van der Waals surface area contributed by atoms with Crippen molar-refractivity contribution in [3.8, 4) is 0 Å². The van der Waals surface area contributed by atoms with Crippen LogP contribution < -0.4 is 0 Å². The number of aromatic nitrogens is 1. The van der Waals surface area contributed by atoms with E-state index >= 15 is 0 Å². The molecule has 1 aromatic rings. The van der Waals surface area contributed by atoms with Crippen molar-refractivity contribution in [3.05, 3.63) is 18.4 Å². The smallest absolute Gasteiger partial charge is 0.317 e. The van der Waals surface area contributed by atoms with Crippen molar-refractivity contribution in [1.82, 2.24) is 4.98 Å². The molecule has 0 aromatic carbocycles. The topological polar surface area (TPSA) is 63.3 Å². The Morgan fingerprint density at radius 2 is 1.88 bits per heavy atom. The van der Waals surface area contributed by atoms with Crippen LogP contribution in [0.2, 0.25) is 0 Å². The average molecular weight is 255 g/mol. The van der Waals surface area contributed by atoms with Crippen LogP contribution >= 0.6 is 0 Å². The number of nitrogens with zero attached hydrogens (tertiary/aromatic N) is 1. The van der Waals surface area contributed by atoms with Crippen molar-refractivity contribution in [1.29, 1.82) is 0 Å². The number of carboxylic acid groups (broad SMARTS) is 1. The molecule has 0 saturated heterocycles. The largest absolute Gasteiger partial charge is 0.480 e. The van der Waals surface area contributed by atoms with Gasteiger partial charge < -0.3 is 9.52 Å². The lowest BCUT2D eigenvalue weighted by atomic mass is 9.79. The minimum absolute atomic E-state index is 0.495. The lowest BCUT2D eigenvalue weighted by molar-refractivity contribution is -0.148. The van der Waals surface area contributed by atoms with Crippen LogP contribution in [0.4, 0.5) is 17.6 Å². The average Bonchev–Trinajstić information content (AvgIpc) is 2.67. The summed E-state index contributed by atoms with van der Waals surface area (Å²) in [6.07, 6.45) is -6.92. The van der Waals surface area contributed by atoms with E-state index in [1.54, 1.807) is 0 Å². The third-order valence-electron chi connectivity index (χ3n) is 2.32. The Kier molecular flexibility index (Phi) is 4.08. The van der Waals surface area contributed by atoms with Crippen molar-refractivity contribution in [2.75, 3.05) is 0 Å². The van der Waals surface area contributed by atoms with Gasteiger partial charge in [0, 0.05) is 12.8 Å². The number of carboxylic acids is 1. The monoisotopic (exact) mass is 255 g/mol. The zero-order valence-electron chi connectivity index (χ0n) is 8.45. The number of oxazole rings is 1. The molecule has 1 rings (SSSR count). The second kappa shape index (κ2) is 5.15. The van der Waals surface area contributed by atoms with E-state index in [1.165, 1.54) is 0 Å². The molecular formula is C9H9F4NO3. The second-order valence-electron chi connectivity index (χ2n) is 3.44. The van der Waals surface area contributed by atoms with Crippen molar-refractivity contribution in [3.63, 3.8) is 0 Å². The van der Waals surface area contributed by atoms with Crippen LogP contribution in [0.3, 0.4) is 0 Å². The lowest BCUT2D eigenvalue weighted by Gasteiger charge is -2.26. The Hall–Kier alpha value is -1.60. The SMILES string of the molecule is O=C(O)C(CC(F)F)(CC(F)F)c1cnco1. The Labute approximate surface area is 93.3 Å². The third-order valence-corrected chi connectivity index (χ3v) is 2.32. The zero-order chi connectivity index (χ0) is 13.1. The summed E-state index contributed by atoms with van der Waals surface area (Å²) in [5.41, 5.74) is -2.45. The van der Waals surface area contributed by atoms with Crippen LogP contribution in [-0.2, 0) is 10.2 Å². The van der Waals surface area contributed by atoms with Gasteiger partial charge in [0.25, 0.3) is 0 Å². The van der Waals surface area contributed by atoms with Gasteiger partial charge in [-0.2, -0.15) is 0 Å². The summed E-state index contributed by atoms with van der Waals surface area (Å²) in [5, 5.41) is 8.94. The molecule has 1 heterocycles. The molecule has 0 aliphatic carbocycles. The van der Waals surface area contributed by atoms with Gasteiger partial charge in [0.2, 0.25) is 12.9 Å². The van der Waals surface area contributed by atoms with Crippen LogP contribution in [0.15, 0.2) is 17.0 Å². The zero-order valence-corrected chi connectivity index (χ0v) is 8.45. The van der Waals surface area contributed by atoms with Crippen LogP contribution in [0.25, 0.3) is 0 Å². The first kappa shape index (κ1) is 13.5. The van der Waals surface area contributed by atoms with Crippen LogP contribution in [0.5, 0.6) is 0 Å². The Bertz CT molecular complexity index is 356. The van der Waals surface area contributed by atoms with Gasteiger partial charge >= 0.3 is 5.97 Å². The normalized spacial score (nSPS) is 12.4. The third kappa shape index (κ3) is 2.95. The highest BCUT2D eigenvalue weighted by Crippen LogP contribution is 2.36. The maximum Gasteiger partial charge on any atom is 0.317 e. The molecule has 0 radical (unpaired) electrons. The summed E-state index contributed by atoms with van der Waals surface area (Å²) in [7, 11) is 0. The molecule has 1 N–H and O–H groups in total. The van der Waals surface area contributed by atoms with Gasteiger partial charge in [0.15, 0.2) is 6.39 Å². The van der Waals surface area contributed by atoms with Crippen molar-refractivity contribution in [2.45, 2.75) is 31.1 Å². The van der Waals surface area contributed by atoms with Crippen LogP contribution in [0.1, 0.15) is 18.6 Å². The number of alkyl halides is 4. The van der Waals surface area contributed by atoms with Crippen molar-refractivity contribution in [2.24, 2.45) is 0 Å². The molecule has 17 heavy (non-hydrogen) atoms. The predicted octanol–water partition coefficient (Wildman–Crippen LogP) is 2.31. The first-order chi connectivity index (χ1) is 7.88.